The van der Waals surface area contributed by atoms with Crippen LogP contribution < -0.4 is 10.6 Å². The van der Waals surface area contributed by atoms with Gasteiger partial charge < -0.3 is 25.2 Å². The molecule has 28 heavy (non-hydrogen) atoms. The Labute approximate surface area is 166 Å². The highest BCUT2D eigenvalue weighted by molar-refractivity contribution is 5.91. The first-order chi connectivity index (χ1) is 12.5. The molecule has 0 aromatic heterocycles. The maximum absolute atomic E-state index is 12.7. The number of hydrogen-bond donors (Lipinski definition) is 3. The molecule has 0 radical (unpaired) electrons. The number of amides is 2. The van der Waals surface area contributed by atoms with Gasteiger partial charge in [-0.2, -0.15) is 0 Å². The van der Waals surface area contributed by atoms with E-state index in [1.54, 1.807) is 41.5 Å². The Morgan fingerprint density at radius 3 is 1.75 bits per heavy atom. The number of ether oxygens (including phenoxy) is 2. The van der Waals surface area contributed by atoms with Crippen molar-refractivity contribution in [2.24, 2.45) is 5.92 Å². The molecule has 0 bridgehead atoms. The van der Waals surface area contributed by atoms with Crippen molar-refractivity contribution in [3.05, 3.63) is 0 Å². The Morgan fingerprint density at radius 2 is 1.36 bits per heavy atom. The van der Waals surface area contributed by atoms with Crippen LogP contribution in [0.1, 0.15) is 68.2 Å². The van der Waals surface area contributed by atoms with Crippen LogP contribution >= 0.6 is 0 Å². The van der Waals surface area contributed by atoms with Crippen LogP contribution in [0.5, 0.6) is 0 Å². The molecule has 0 aliphatic carbocycles. The third-order valence-corrected chi connectivity index (χ3v) is 3.10. The van der Waals surface area contributed by atoms with Gasteiger partial charge in [0.2, 0.25) is 5.91 Å². The van der Waals surface area contributed by atoms with Crippen molar-refractivity contribution in [2.45, 2.75) is 91.5 Å². The standard InChI is InChI=1S/C19H34N2O7/c1-11(2)9-12(21-17(26)28-19(6,7)8)15(24)20-13(10-14(22)23)16(25)27-18(3,4)5/h11-13H,9-10H2,1-8H3,(H,20,24)(H,21,26)(H,22,23)/t12-,13+/m0/s1. The van der Waals surface area contributed by atoms with Gasteiger partial charge in [0, 0.05) is 0 Å². The van der Waals surface area contributed by atoms with Crippen molar-refractivity contribution >= 4 is 23.9 Å². The summed E-state index contributed by atoms with van der Waals surface area (Å²) in [5.41, 5.74) is -1.59. The Balaban J connectivity index is 5.31. The molecule has 3 N–H and O–H groups in total. The number of carboxylic acids is 1. The lowest BCUT2D eigenvalue weighted by molar-refractivity contribution is -0.161. The molecule has 9 nitrogen and oxygen atoms in total. The second-order valence-corrected chi connectivity index (χ2v) is 9.02. The van der Waals surface area contributed by atoms with E-state index in [0.29, 0.717) is 0 Å². The molecule has 2 atom stereocenters. The summed E-state index contributed by atoms with van der Waals surface area (Å²) in [7, 11) is 0. The first kappa shape index (κ1) is 25.7. The predicted octanol–water partition coefficient (Wildman–Crippen LogP) is 2.23. The fourth-order valence-electron chi connectivity index (χ4n) is 2.17. The molecule has 162 valence electrons. The van der Waals surface area contributed by atoms with Gasteiger partial charge >= 0.3 is 18.0 Å². The molecule has 0 rings (SSSR count). The zero-order valence-electron chi connectivity index (χ0n) is 18.0. The van der Waals surface area contributed by atoms with Gasteiger partial charge in [-0.05, 0) is 53.9 Å². The zero-order valence-corrected chi connectivity index (χ0v) is 18.0. The Kier molecular flexibility index (Phi) is 9.43. The number of carbonyl (C=O) groups excluding carboxylic acids is 3. The first-order valence-corrected chi connectivity index (χ1v) is 9.24. The summed E-state index contributed by atoms with van der Waals surface area (Å²) in [6.07, 6.45) is -1.14. The third-order valence-electron chi connectivity index (χ3n) is 3.10. The molecule has 0 spiro atoms. The van der Waals surface area contributed by atoms with Crippen LogP contribution in [-0.2, 0) is 23.9 Å². The minimum atomic E-state index is -1.38. The van der Waals surface area contributed by atoms with Gasteiger partial charge in [0.15, 0.2) is 0 Å². The molecule has 0 fully saturated rings. The number of carbonyl (C=O) groups is 4. The lowest BCUT2D eigenvalue weighted by atomic mass is 10.0. The fraction of sp³-hybridized carbons (Fsp3) is 0.789. The van der Waals surface area contributed by atoms with Gasteiger partial charge in [-0.15, -0.1) is 0 Å². The monoisotopic (exact) mass is 402 g/mol. The smallest absolute Gasteiger partial charge is 0.408 e. The van der Waals surface area contributed by atoms with Crippen molar-refractivity contribution in [1.29, 1.82) is 0 Å². The average Bonchev–Trinajstić information content (AvgIpc) is 2.40. The van der Waals surface area contributed by atoms with E-state index in [0.717, 1.165) is 0 Å². The van der Waals surface area contributed by atoms with E-state index in [4.69, 9.17) is 14.6 Å². The minimum absolute atomic E-state index is 0.0464. The van der Waals surface area contributed by atoms with E-state index in [2.05, 4.69) is 10.6 Å². The van der Waals surface area contributed by atoms with E-state index >= 15 is 0 Å². The molecule has 0 aromatic carbocycles. The maximum Gasteiger partial charge on any atom is 0.408 e. The number of hydrogen-bond acceptors (Lipinski definition) is 6. The van der Waals surface area contributed by atoms with Gasteiger partial charge in [0.05, 0.1) is 6.42 Å². The number of esters is 1. The molecule has 0 saturated carbocycles. The van der Waals surface area contributed by atoms with Gasteiger partial charge in [-0.1, -0.05) is 13.8 Å². The molecule has 0 aliphatic heterocycles. The molecule has 0 unspecified atom stereocenters. The Hall–Kier alpha value is -2.32. The van der Waals surface area contributed by atoms with Crippen LogP contribution in [0.3, 0.4) is 0 Å². The van der Waals surface area contributed by atoms with E-state index < -0.39 is 53.6 Å². The van der Waals surface area contributed by atoms with E-state index in [9.17, 15) is 19.2 Å². The van der Waals surface area contributed by atoms with Crippen LogP contribution in [-0.4, -0.2) is 52.3 Å². The molecule has 0 aliphatic rings. The van der Waals surface area contributed by atoms with Crippen LogP contribution in [0.4, 0.5) is 4.79 Å². The van der Waals surface area contributed by atoms with E-state index in [1.807, 2.05) is 13.8 Å². The third kappa shape index (κ3) is 12.1. The summed E-state index contributed by atoms with van der Waals surface area (Å²) in [6.45, 7) is 13.7. The first-order valence-electron chi connectivity index (χ1n) is 9.24. The number of rotatable bonds is 8. The zero-order chi connectivity index (χ0) is 22.3. The van der Waals surface area contributed by atoms with Crippen LogP contribution in [0.25, 0.3) is 0 Å². The second-order valence-electron chi connectivity index (χ2n) is 9.02. The topological polar surface area (TPSA) is 131 Å². The van der Waals surface area contributed by atoms with Gasteiger partial charge in [0.1, 0.15) is 23.3 Å². The number of aliphatic carboxylic acids is 1. The minimum Gasteiger partial charge on any atom is -0.481 e. The molecular weight excluding hydrogens is 368 g/mol. The normalized spacial score (nSPS) is 14.0. The van der Waals surface area contributed by atoms with Crippen molar-refractivity contribution in [3.8, 4) is 0 Å². The van der Waals surface area contributed by atoms with Gasteiger partial charge in [0.25, 0.3) is 0 Å². The highest BCUT2D eigenvalue weighted by atomic mass is 16.6. The lowest BCUT2D eigenvalue weighted by Crippen LogP contribution is -2.54. The summed E-state index contributed by atoms with van der Waals surface area (Å²) in [5, 5.41) is 13.9. The van der Waals surface area contributed by atoms with E-state index in [1.165, 1.54) is 0 Å². The molecule has 0 heterocycles. The number of carboxylic acid groups (broad SMARTS) is 1. The maximum atomic E-state index is 12.7. The second kappa shape index (κ2) is 10.3. The predicted molar refractivity (Wildman–Crippen MR) is 103 cm³/mol. The van der Waals surface area contributed by atoms with Crippen LogP contribution in [0.2, 0.25) is 0 Å². The molecular formula is C19H34N2O7. The van der Waals surface area contributed by atoms with Crippen LogP contribution in [0.15, 0.2) is 0 Å². The molecule has 0 saturated heterocycles. The SMILES string of the molecule is CC(C)C[C@H](NC(=O)OC(C)(C)C)C(=O)N[C@H](CC(=O)O)C(=O)OC(C)(C)C. The lowest BCUT2D eigenvalue weighted by Gasteiger charge is -2.27. The Bertz CT molecular complexity index is 574. The summed E-state index contributed by atoms with van der Waals surface area (Å²) in [5.74, 6) is -2.76. The van der Waals surface area contributed by atoms with E-state index in [-0.39, 0.29) is 12.3 Å². The van der Waals surface area contributed by atoms with Crippen molar-refractivity contribution in [1.82, 2.24) is 10.6 Å². The summed E-state index contributed by atoms with van der Waals surface area (Å²) in [6, 6.07) is -2.37. The summed E-state index contributed by atoms with van der Waals surface area (Å²) < 4.78 is 10.3. The highest BCUT2D eigenvalue weighted by Gasteiger charge is 2.32. The van der Waals surface area contributed by atoms with Crippen molar-refractivity contribution in [3.63, 3.8) is 0 Å². The fourth-order valence-corrected chi connectivity index (χ4v) is 2.17. The van der Waals surface area contributed by atoms with Crippen molar-refractivity contribution in [2.75, 3.05) is 0 Å². The quantitative estimate of drug-likeness (QED) is 0.531. The van der Waals surface area contributed by atoms with Crippen LogP contribution in [0, 0.1) is 5.92 Å². The molecule has 9 heteroatoms. The number of alkyl carbamates (subject to hydrolysis) is 1. The number of nitrogens with one attached hydrogen (secondary N) is 2. The average molecular weight is 402 g/mol. The molecule has 0 aromatic rings. The van der Waals surface area contributed by atoms with Gasteiger partial charge in [-0.3, -0.25) is 9.59 Å². The highest BCUT2D eigenvalue weighted by Crippen LogP contribution is 2.12. The molecule has 2 amide bonds. The summed E-state index contributed by atoms with van der Waals surface area (Å²) >= 11 is 0. The Morgan fingerprint density at radius 1 is 0.857 bits per heavy atom. The van der Waals surface area contributed by atoms with Gasteiger partial charge in [-0.25, -0.2) is 9.59 Å². The largest absolute Gasteiger partial charge is 0.481 e. The summed E-state index contributed by atoms with van der Waals surface area (Å²) in [4.78, 5) is 48.1. The van der Waals surface area contributed by atoms with Crippen molar-refractivity contribution < 1.29 is 33.8 Å².